The third-order valence-corrected chi connectivity index (χ3v) is 4.53. The van der Waals surface area contributed by atoms with Crippen LogP contribution in [0.3, 0.4) is 0 Å². The lowest BCUT2D eigenvalue weighted by molar-refractivity contribution is -0.123. The van der Waals surface area contributed by atoms with E-state index in [0.717, 1.165) is 43.5 Å². The van der Waals surface area contributed by atoms with Gasteiger partial charge in [-0.25, -0.2) is 9.97 Å². The molecule has 8 heteroatoms. The molecule has 0 radical (unpaired) electrons. The quantitative estimate of drug-likeness (QED) is 0.816. The van der Waals surface area contributed by atoms with Crippen LogP contribution in [0.1, 0.15) is 18.3 Å². The van der Waals surface area contributed by atoms with Crippen LogP contribution < -0.4 is 10.2 Å². The number of amides is 1. The van der Waals surface area contributed by atoms with Crippen LogP contribution in [0.5, 0.6) is 0 Å². The number of rotatable bonds is 6. The van der Waals surface area contributed by atoms with Crippen LogP contribution in [-0.2, 0) is 11.3 Å². The molecule has 1 N–H and O–H groups in total. The smallest absolute Gasteiger partial charge is 0.234 e. The van der Waals surface area contributed by atoms with E-state index in [-0.39, 0.29) is 11.9 Å². The summed E-state index contributed by atoms with van der Waals surface area (Å²) in [6, 6.07) is 3.90. The van der Waals surface area contributed by atoms with Crippen molar-refractivity contribution < 1.29 is 4.79 Å². The molecule has 0 spiro atoms. The second kappa shape index (κ2) is 8.27. The Kier molecular flexibility index (Phi) is 5.82. The van der Waals surface area contributed by atoms with Crippen molar-refractivity contribution in [1.82, 2.24) is 30.0 Å². The zero-order chi connectivity index (χ0) is 18.5. The Hall–Kier alpha value is -2.48. The van der Waals surface area contributed by atoms with E-state index in [9.17, 15) is 4.79 Å². The van der Waals surface area contributed by atoms with Gasteiger partial charge in [-0.1, -0.05) is 0 Å². The molecule has 3 rings (SSSR count). The molecule has 2 aromatic rings. The largest absolute Gasteiger partial charge is 0.351 e. The number of hydrogen-bond acceptors (Lipinski definition) is 6. The van der Waals surface area contributed by atoms with Crippen molar-refractivity contribution in [3.8, 4) is 0 Å². The number of nitrogens with zero attached hydrogens (tertiary/aromatic N) is 6. The zero-order valence-electron chi connectivity index (χ0n) is 15.7. The molecule has 140 valence electrons. The van der Waals surface area contributed by atoms with Gasteiger partial charge in [0.2, 0.25) is 11.9 Å². The molecule has 8 nitrogen and oxygen atoms in total. The van der Waals surface area contributed by atoms with Gasteiger partial charge in [-0.2, -0.15) is 5.10 Å². The normalized spacial score (nSPS) is 16.5. The minimum atomic E-state index is 0.0412. The summed E-state index contributed by atoms with van der Waals surface area (Å²) in [6.45, 7) is 10.5. The van der Waals surface area contributed by atoms with E-state index in [1.807, 2.05) is 37.6 Å². The third-order valence-electron chi connectivity index (χ3n) is 4.53. The summed E-state index contributed by atoms with van der Waals surface area (Å²) in [5.74, 6) is 0.818. The molecule has 0 saturated carbocycles. The van der Waals surface area contributed by atoms with E-state index in [4.69, 9.17) is 0 Å². The van der Waals surface area contributed by atoms with Gasteiger partial charge in [-0.3, -0.25) is 14.4 Å². The highest BCUT2D eigenvalue weighted by molar-refractivity contribution is 5.78. The SMILES string of the molecule is Cc1cc(C)n(CC(C)NC(=O)CN2CCN(c3ncccn3)CC2)n1. The van der Waals surface area contributed by atoms with Crippen molar-refractivity contribution in [2.24, 2.45) is 0 Å². The van der Waals surface area contributed by atoms with Crippen molar-refractivity contribution in [2.45, 2.75) is 33.4 Å². The van der Waals surface area contributed by atoms with Gasteiger partial charge in [0.25, 0.3) is 0 Å². The minimum Gasteiger partial charge on any atom is -0.351 e. The van der Waals surface area contributed by atoms with Gasteiger partial charge in [0, 0.05) is 50.3 Å². The number of anilines is 1. The maximum absolute atomic E-state index is 12.3. The summed E-state index contributed by atoms with van der Waals surface area (Å²) in [5.41, 5.74) is 2.11. The Labute approximate surface area is 154 Å². The third kappa shape index (κ3) is 4.78. The first-order valence-corrected chi connectivity index (χ1v) is 9.06. The van der Waals surface area contributed by atoms with Gasteiger partial charge < -0.3 is 10.2 Å². The molecule has 1 saturated heterocycles. The lowest BCUT2D eigenvalue weighted by Gasteiger charge is -2.34. The molecule has 3 heterocycles. The fourth-order valence-electron chi connectivity index (χ4n) is 3.25. The van der Waals surface area contributed by atoms with E-state index in [1.54, 1.807) is 12.4 Å². The summed E-state index contributed by atoms with van der Waals surface area (Å²) >= 11 is 0. The molecule has 0 bridgehead atoms. The molecule has 1 fully saturated rings. The highest BCUT2D eigenvalue weighted by Crippen LogP contribution is 2.09. The number of aromatic nitrogens is 4. The standard InChI is InChI=1S/C18H27N7O/c1-14-11-16(3)25(22-14)12-15(2)21-17(26)13-23-7-9-24(10-8-23)18-19-5-4-6-20-18/h4-6,11,15H,7-10,12-13H2,1-3H3,(H,21,26). The van der Waals surface area contributed by atoms with Crippen molar-refractivity contribution in [3.63, 3.8) is 0 Å². The van der Waals surface area contributed by atoms with Crippen LogP contribution in [0.25, 0.3) is 0 Å². The predicted octanol–water partition coefficient (Wildman–Crippen LogP) is 0.617. The number of aryl methyl sites for hydroxylation is 2. The molecular formula is C18H27N7O. The van der Waals surface area contributed by atoms with Gasteiger partial charge in [-0.15, -0.1) is 0 Å². The van der Waals surface area contributed by atoms with Crippen molar-refractivity contribution in [3.05, 3.63) is 35.9 Å². The minimum absolute atomic E-state index is 0.0412. The molecule has 0 aromatic carbocycles. The number of carbonyl (C=O) groups excluding carboxylic acids is 1. The van der Waals surface area contributed by atoms with Gasteiger partial charge in [0.15, 0.2) is 0 Å². The van der Waals surface area contributed by atoms with Crippen molar-refractivity contribution >= 4 is 11.9 Å². The Morgan fingerprint density at radius 1 is 1.19 bits per heavy atom. The van der Waals surface area contributed by atoms with Gasteiger partial charge in [0.1, 0.15) is 0 Å². The summed E-state index contributed by atoms with van der Waals surface area (Å²) < 4.78 is 1.94. The number of piperazine rings is 1. The average molecular weight is 357 g/mol. The van der Waals surface area contributed by atoms with Gasteiger partial charge in [-0.05, 0) is 32.9 Å². The highest BCUT2D eigenvalue weighted by Gasteiger charge is 2.21. The highest BCUT2D eigenvalue weighted by atomic mass is 16.2. The lowest BCUT2D eigenvalue weighted by Crippen LogP contribution is -2.51. The van der Waals surface area contributed by atoms with E-state index in [1.165, 1.54) is 0 Å². The molecule has 1 aliphatic rings. The number of carbonyl (C=O) groups is 1. The number of nitrogens with one attached hydrogen (secondary N) is 1. The fraction of sp³-hybridized carbons (Fsp3) is 0.556. The molecule has 2 aromatic heterocycles. The van der Waals surface area contributed by atoms with Crippen LogP contribution in [-0.4, -0.2) is 69.3 Å². The van der Waals surface area contributed by atoms with E-state index in [0.29, 0.717) is 13.1 Å². The molecular weight excluding hydrogens is 330 g/mol. The Morgan fingerprint density at radius 2 is 1.88 bits per heavy atom. The Morgan fingerprint density at radius 3 is 2.50 bits per heavy atom. The molecule has 26 heavy (non-hydrogen) atoms. The van der Waals surface area contributed by atoms with E-state index in [2.05, 4.69) is 30.2 Å². The van der Waals surface area contributed by atoms with Crippen LogP contribution in [0.15, 0.2) is 24.5 Å². The molecule has 1 amide bonds. The van der Waals surface area contributed by atoms with E-state index >= 15 is 0 Å². The summed E-state index contributed by atoms with van der Waals surface area (Å²) in [7, 11) is 0. The topological polar surface area (TPSA) is 79.2 Å². The first kappa shape index (κ1) is 18.3. The zero-order valence-corrected chi connectivity index (χ0v) is 15.7. The van der Waals surface area contributed by atoms with E-state index < -0.39 is 0 Å². The molecule has 1 atom stereocenters. The van der Waals surface area contributed by atoms with Crippen molar-refractivity contribution in [2.75, 3.05) is 37.6 Å². The Bertz CT molecular complexity index is 722. The first-order chi connectivity index (χ1) is 12.5. The second-order valence-electron chi connectivity index (χ2n) is 6.89. The monoisotopic (exact) mass is 357 g/mol. The van der Waals surface area contributed by atoms with Crippen LogP contribution in [0.2, 0.25) is 0 Å². The van der Waals surface area contributed by atoms with Crippen LogP contribution in [0, 0.1) is 13.8 Å². The molecule has 1 unspecified atom stereocenters. The maximum Gasteiger partial charge on any atom is 0.234 e. The van der Waals surface area contributed by atoms with Crippen LogP contribution in [0.4, 0.5) is 5.95 Å². The summed E-state index contributed by atoms with van der Waals surface area (Å²) in [5, 5.41) is 7.52. The average Bonchev–Trinajstić information content (AvgIpc) is 2.93. The molecule has 1 aliphatic heterocycles. The fourth-order valence-corrected chi connectivity index (χ4v) is 3.25. The summed E-state index contributed by atoms with van der Waals surface area (Å²) in [4.78, 5) is 25.2. The first-order valence-electron chi connectivity index (χ1n) is 9.06. The lowest BCUT2D eigenvalue weighted by atomic mass is 10.3. The van der Waals surface area contributed by atoms with Gasteiger partial charge >= 0.3 is 0 Å². The number of hydrogen-bond donors (Lipinski definition) is 1. The summed E-state index contributed by atoms with van der Waals surface area (Å²) in [6.07, 6.45) is 3.51. The molecule has 0 aliphatic carbocycles. The Balaban J connectivity index is 1.42. The van der Waals surface area contributed by atoms with Crippen LogP contribution >= 0.6 is 0 Å². The van der Waals surface area contributed by atoms with Gasteiger partial charge in [0.05, 0.1) is 18.8 Å². The maximum atomic E-state index is 12.3. The van der Waals surface area contributed by atoms with Crippen molar-refractivity contribution in [1.29, 1.82) is 0 Å². The predicted molar refractivity (Wildman–Crippen MR) is 100.0 cm³/mol. The second-order valence-corrected chi connectivity index (χ2v) is 6.89.